The van der Waals surface area contributed by atoms with Gasteiger partial charge >= 0.3 is 0 Å². The van der Waals surface area contributed by atoms with Gasteiger partial charge in [-0.2, -0.15) is 4.31 Å². The number of methoxy groups -OCH3 is 2. The standard InChI is InChI=1S/C34H42N2O7S/c1-25-5-12-30(13-6-25)44(38,39)36-23-34(31(22-28(36)15-18-37)27-8-10-29(41-3)11-9-27)43-24-26-7-14-33-32(21-26)35(17-20-42-33)16-4-19-40-2/h5-14,18,21,28,31,34H,4,15-17,19-20,22-24H2,1-3H3/t28?,31-,34?/m1/s1. The third-order valence-electron chi connectivity index (χ3n) is 8.51. The fourth-order valence-electron chi connectivity index (χ4n) is 6.10. The predicted molar refractivity (Wildman–Crippen MR) is 169 cm³/mol. The van der Waals surface area contributed by atoms with Crippen LogP contribution >= 0.6 is 0 Å². The van der Waals surface area contributed by atoms with E-state index in [1.165, 1.54) is 4.31 Å². The van der Waals surface area contributed by atoms with Crippen LogP contribution in [0.3, 0.4) is 0 Å². The Hall–Kier alpha value is -3.44. The molecule has 1 fully saturated rings. The van der Waals surface area contributed by atoms with Crippen LogP contribution in [-0.4, -0.2) is 78.2 Å². The third kappa shape index (κ3) is 7.26. The highest BCUT2D eigenvalue weighted by molar-refractivity contribution is 7.89. The molecule has 2 aliphatic heterocycles. The van der Waals surface area contributed by atoms with E-state index in [-0.39, 0.29) is 23.8 Å². The van der Waals surface area contributed by atoms with Crippen LogP contribution in [-0.2, 0) is 30.9 Å². The molecule has 0 amide bonds. The summed E-state index contributed by atoms with van der Waals surface area (Å²) in [6, 6.07) is 20.2. The van der Waals surface area contributed by atoms with Gasteiger partial charge in [-0.1, -0.05) is 35.9 Å². The average molecular weight is 623 g/mol. The summed E-state index contributed by atoms with van der Waals surface area (Å²) >= 11 is 0. The Kier molecular flexibility index (Phi) is 10.6. The van der Waals surface area contributed by atoms with Crippen LogP contribution in [0.2, 0.25) is 0 Å². The van der Waals surface area contributed by atoms with Crippen molar-refractivity contribution in [3.63, 3.8) is 0 Å². The smallest absolute Gasteiger partial charge is 0.243 e. The Balaban J connectivity index is 1.43. The maximum absolute atomic E-state index is 13.9. The second-order valence-electron chi connectivity index (χ2n) is 11.4. The minimum Gasteiger partial charge on any atom is -0.497 e. The summed E-state index contributed by atoms with van der Waals surface area (Å²) in [7, 11) is -0.539. The molecule has 9 nitrogen and oxygen atoms in total. The van der Waals surface area contributed by atoms with Crippen molar-refractivity contribution < 1.29 is 32.2 Å². The number of benzene rings is 3. The number of anilines is 1. The maximum Gasteiger partial charge on any atom is 0.243 e. The minimum atomic E-state index is -3.87. The molecule has 0 spiro atoms. The second-order valence-corrected chi connectivity index (χ2v) is 13.3. The first-order valence-corrected chi connectivity index (χ1v) is 16.6. The molecule has 0 aliphatic carbocycles. The number of fused-ring (bicyclic) bond motifs is 1. The number of rotatable bonds is 13. The number of carbonyl (C=O) groups is 1. The van der Waals surface area contributed by atoms with Crippen LogP contribution < -0.4 is 14.4 Å². The normalized spacial score (nSPS) is 20.5. The molecule has 3 aromatic carbocycles. The van der Waals surface area contributed by atoms with Gasteiger partial charge in [0.2, 0.25) is 10.0 Å². The van der Waals surface area contributed by atoms with Crippen LogP contribution in [0.15, 0.2) is 71.6 Å². The monoisotopic (exact) mass is 622 g/mol. The molecule has 236 valence electrons. The van der Waals surface area contributed by atoms with E-state index in [0.717, 1.165) is 59.7 Å². The zero-order valence-corrected chi connectivity index (χ0v) is 26.5. The maximum atomic E-state index is 13.9. The molecule has 0 N–H and O–H groups in total. The summed E-state index contributed by atoms with van der Waals surface area (Å²) in [5, 5.41) is 0. The van der Waals surface area contributed by atoms with Crippen LogP contribution in [0.4, 0.5) is 5.69 Å². The molecule has 44 heavy (non-hydrogen) atoms. The number of aryl methyl sites for hydroxylation is 1. The van der Waals surface area contributed by atoms with E-state index >= 15 is 0 Å². The molecule has 0 bridgehead atoms. The van der Waals surface area contributed by atoms with E-state index in [1.54, 1.807) is 38.5 Å². The Bertz CT molecular complexity index is 1500. The van der Waals surface area contributed by atoms with E-state index in [4.69, 9.17) is 18.9 Å². The van der Waals surface area contributed by atoms with Gasteiger partial charge in [0.15, 0.2) is 0 Å². The van der Waals surface area contributed by atoms with Crippen molar-refractivity contribution in [3.8, 4) is 11.5 Å². The SMILES string of the molecule is COCCCN1CCOc2ccc(COC3CN(S(=O)(=O)c4ccc(C)cc4)C(CC=O)C[C@@H]3c3ccc(OC)cc3)cc21. The van der Waals surface area contributed by atoms with Gasteiger partial charge in [0.1, 0.15) is 24.4 Å². The van der Waals surface area contributed by atoms with Crippen molar-refractivity contribution in [2.45, 2.75) is 55.8 Å². The van der Waals surface area contributed by atoms with Gasteiger partial charge in [0.25, 0.3) is 0 Å². The van der Waals surface area contributed by atoms with E-state index in [2.05, 4.69) is 11.0 Å². The molecular formula is C34H42N2O7S. The van der Waals surface area contributed by atoms with Gasteiger partial charge in [-0.25, -0.2) is 8.42 Å². The fourth-order valence-corrected chi connectivity index (χ4v) is 7.75. The summed E-state index contributed by atoms with van der Waals surface area (Å²) in [6.45, 7) is 5.33. The molecule has 0 saturated carbocycles. The van der Waals surface area contributed by atoms with Gasteiger partial charge in [0.05, 0.1) is 36.9 Å². The number of hydrogen-bond acceptors (Lipinski definition) is 8. The van der Waals surface area contributed by atoms with Gasteiger partial charge in [-0.05, 0) is 67.3 Å². The van der Waals surface area contributed by atoms with Crippen molar-refractivity contribution >= 4 is 22.0 Å². The second kappa shape index (κ2) is 14.6. The number of hydrogen-bond donors (Lipinski definition) is 0. The lowest BCUT2D eigenvalue weighted by atomic mass is 9.83. The van der Waals surface area contributed by atoms with Crippen molar-refractivity contribution in [2.24, 2.45) is 0 Å². The van der Waals surface area contributed by atoms with Crippen LogP contribution in [0.25, 0.3) is 0 Å². The lowest BCUT2D eigenvalue weighted by Crippen LogP contribution is -2.52. The molecule has 5 rings (SSSR count). The molecule has 3 atom stereocenters. The molecule has 2 heterocycles. The third-order valence-corrected chi connectivity index (χ3v) is 10.4. The summed E-state index contributed by atoms with van der Waals surface area (Å²) < 4.78 is 52.5. The molecular weight excluding hydrogens is 580 g/mol. The van der Waals surface area contributed by atoms with Crippen molar-refractivity contribution in [2.75, 3.05) is 52.0 Å². The van der Waals surface area contributed by atoms with Crippen molar-refractivity contribution in [3.05, 3.63) is 83.4 Å². The Morgan fingerprint density at radius 2 is 1.80 bits per heavy atom. The molecule has 0 aromatic heterocycles. The van der Waals surface area contributed by atoms with Gasteiger partial charge in [0, 0.05) is 45.2 Å². The largest absolute Gasteiger partial charge is 0.497 e. The first-order chi connectivity index (χ1) is 21.3. The number of aldehydes is 1. The zero-order chi connectivity index (χ0) is 31.1. The molecule has 2 unspecified atom stereocenters. The average Bonchev–Trinajstić information content (AvgIpc) is 3.04. The number of nitrogens with zero attached hydrogens (tertiary/aromatic N) is 2. The molecule has 10 heteroatoms. The number of ether oxygens (including phenoxy) is 4. The summed E-state index contributed by atoms with van der Waals surface area (Å²) in [4.78, 5) is 14.3. The minimum absolute atomic E-state index is 0.105. The highest BCUT2D eigenvalue weighted by atomic mass is 32.2. The highest BCUT2D eigenvalue weighted by Gasteiger charge is 2.42. The van der Waals surface area contributed by atoms with Crippen LogP contribution in [0.1, 0.15) is 41.9 Å². The Morgan fingerprint density at radius 1 is 1.02 bits per heavy atom. The van der Waals surface area contributed by atoms with E-state index in [1.807, 2.05) is 43.3 Å². The number of carbonyl (C=O) groups excluding carboxylic acids is 1. The number of piperidine rings is 1. The van der Waals surface area contributed by atoms with Crippen molar-refractivity contribution in [1.29, 1.82) is 0 Å². The van der Waals surface area contributed by atoms with Gasteiger partial charge in [-0.3, -0.25) is 0 Å². The fraction of sp³-hybridized carbons (Fsp3) is 0.441. The van der Waals surface area contributed by atoms with E-state index < -0.39 is 22.2 Å². The van der Waals surface area contributed by atoms with E-state index in [9.17, 15) is 13.2 Å². The molecule has 1 saturated heterocycles. The summed E-state index contributed by atoms with van der Waals surface area (Å²) in [5.41, 5.74) is 3.99. The Labute approximate surface area is 260 Å². The highest BCUT2D eigenvalue weighted by Crippen LogP contribution is 2.39. The topological polar surface area (TPSA) is 94.6 Å². The van der Waals surface area contributed by atoms with Gasteiger partial charge in [-0.15, -0.1) is 0 Å². The van der Waals surface area contributed by atoms with Crippen molar-refractivity contribution in [1.82, 2.24) is 4.31 Å². The van der Waals surface area contributed by atoms with Crippen LogP contribution in [0, 0.1) is 6.92 Å². The number of sulfonamides is 1. The summed E-state index contributed by atoms with van der Waals surface area (Å²) in [5.74, 6) is 1.46. The zero-order valence-electron chi connectivity index (χ0n) is 25.7. The first kappa shape index (κ1) is 32.0. The molecule has 2 aliphatic rings. The predicted octanol–water partition coefficient (Wildman–Crippen LogP) is 4.96. The van der Waals surface area contributed by atoms with E-state index in [0.29, 0.717) is 26.2 Å². The lowest BCUT2D eigenvalue weighted by Gasteiger charge is -2.43. The molecule has 0 radical (unpaired) electrons. The molecule has 3 aromatic rings. The summed E-state index contributed by atoms with van der Waals surface area (Å²) in [6.07, 6.45) is 1.83. The van der Waals surface area contributed by atoms with Crippen LogP contribution in [0.5, 0.6) is 11.5 Å². The Morgan fingerprint density at radius 3 is 2.50 bits per heavy atom. The van der Waals surface area contributed by atoms with Gasteiger partial charge < -0.3 is 28.6 Å². The first-order valence-electron chi connectivity index (χ1n) is 15.1. The lowest BCUT2D eigenvalue weighted by molar-refractivity contribution is -0.109. The quantitative estimate of drug-likeness (QED) is 0.195.